The van der Waals surface area contributed by atoms with Crippen LogP contribution in [0.15, 0.2) is 6.07 Å². The fourth-order valence-corrected chi connectivity index (χ4v) is 5.74. The van der Waals surface area contributed by atoms with E-state index in [-0.39, 0.29) is 0 Å². The van der Waals surface area contributed by atoms with Gasteiger partial charge in [0.1, 0.15) is 0 Å². The van der Waals surface area contributed by atoms with Gasteiger partial charge in [-0.3, -0.25) is 0 Å². The second-order valence-electron chi connectivity index (χ2n) is 9.33. The Labute approximate surface area is 129 Å². The van der Waals surface area contributed by atoms with Crippen molar-refractivity contribution in [3.05, 3.63) is 28.3 Å². The summed E-state index contributed by atoms with van der Waals surface area (Å²) in [6, 6.07) is 2.54. The summed E-state index contributed by atoms with van der Waals surface area (Å²) in [6.07, 6.45) is 3.94. The number of nitrogens with zero attached hydrogens (tertiary/aromatic N) is 1. The van der Waals surface area contributed by atoms with Crippen LogP contribution in [0, 0.1) is 6.92 Å². The predicted molar refractivity (Wildman–Crippen MR) is 90.6 cm³/mol. The van der Waals surface area contributed by atoms with Crippen LogP contribution >= 0.6 is 0 Å². The average molecular weight is 283 g/mol. The van der Waals surface area contributed by atoms with E-state index in [4.69, 9.17) is 0 Å². The molecule has 0 spiro atoms. The van der Waals surface area contributed by atoms with Gasteiger partial charge in [-0.2, -0.15) is 0 Å². The normalized spacial score (nSPS) is 31.2. The van der Waals surface area contributed by atoms with Crippen molar-refractivity contribution >= 4 is 5.69 Å². The van der Waals surface area contributed by atoms with Crippen LogP contribution in [0.3, 0.4) is 0 Å². The summed E-state index contributed by atoms with van der Waals surface area (Å²) in [7, 11) is 0. The topological polar surface area (TPSA) is 3.24 Å². The molecular formula is C20H29N. The van der Waals surface area contributed by atoms with Crippen molar-refractivity contribution in [2.45, 2.75) is 77.0 Å². The van der Waals surface area contributed by atoms with Gasteiger partial charge < -0.3 is 4.90 Å². The highest BCUT2D eigenvalue weighted by Gasteiger charge is 2.51. The highest BCUT2D eigenvalue weighted by molar-refractivity contribution is 5.74. The monoisotopic (exact) mass is 283 g/mol. The van der Waals surface area contributed by atoms with Gasteiger partial charge in [-0.1, -0.05) is 40.7 Å². The van der Waals surface area contributed by atoms with Gasteiger partial charge in [0.25, 0.3) is 0 Å². The van der Waals surface area contributed by atoms with Gasteiger partial charge in [-0.25, -0.2) is 0 Å². The van der Waals surface area contributed by atoms with E-state index in [0.717, 1.165) is 0 Å². The molecule has 0 bridgehead atoms. The van der Waals surface area contributed by atoms with E-state index in [2.05, 4.69) is 52.5 Å². The maximum absolute atomic E-state index is 2.70. The molecule has 1 heteroatoms. The number of aryl methyl sites for hydroxylation is 1. The van der Waals surface area contributed by atoms with E-state index in [1.165, 1.54) is 37.9 Å². The van der Waals surface area contributed by atoms with E-state index >= 15 is 0 Å². The molecule has 2 heterocycles. The van der Waals surface area contributed by atoms with Gasteiger partial charge in [-0.15, -0.1) is 0 Å². The Hall–Kier alpha value is -0.980. The number of hydrogen-bond donors (Lipinski definition) is 0. The summed E-state index contributed by atoms with van der Waals surface area (Å²) in [6.45, 7) is 17.2. The molecule has 1 nitrogen and oxygen atoms in total. The number of rotatable bonds is 0. The van der Waals surface area contributed by atoms with Gasteiger partial charge in [0.05, 0.1) is 0 Å². The Morgan fingerprint density at radius 2 is 1.57 bits per heavy atom. The van der Waals surface area contributed by atoms with Crippen molar-refractivity contribution in [2.75, 3.05) is 18.0 Å². The Morgan fingerprint density at radius 3 is 2.29 bits per heavy atom. The summed E-state index contributed by atoms with van der Waals surface area (Å²) in [5.41, 5.74) is 9.24. The first-order valence-corrected chi connectivity index (χ1v) is 8.60. The Kier molecular flexibility index (Phi) is 2.39. The molecule has 21 heavy (non-hydrogen) atoms. The van der Waals surface area contributed by atoms with Crippen LogP contribution in [0.25, 0.3) is 0 Å². The third kappa shape index (κ3) is 1.58. The molecule has 114 valence electrons. The van der Waals surface area contributed by atoms with Crippen molar-refractivity contribution in [1.82, 2.24) is 0 Å². The maximum Gasteiger partial charge on any atom is 0.0448 e. The minimum Gasteiger partial charge on any atom is -0.371 e. The first kappa shape index (κ1) is 13.7. The minimum atomic E-state index is 0.329. The van der Waals surface area contributed by atoms with E-state index in [1.807, 2.05) is 0 Å². The second-order valence-corrected chi connectivity index (χ2v) is 9.33. The molecule has 1 aliphatic carbocycles. The van der Waals surface area contributed by atoms with E-state index < -0.39 is 0 Å². The fourth-order valence-electron chi connectivity index (χ4n) is 5.74. The van der Waals surface area contributed by atoms with Gasteiger partial charge in [0.15, 0.2) is 0 Å². The second kappa shape index (κ2) is 3.67. The molecule has 1 aromatic carbocycles. The Balaban J connectivity index is 2.12. The molecule has 1 aromatic rings. The third-order valence-electron chi connectivity index (χ3n) is 6.60. The molecule has 2 aliphatic heterocycles. The summed E-state index contributed by atoms with van der Waals surface area (Å²) in [4.78, 5) is 2.70. The smallest absolute Gasteiger partial charge is 0.0448 e. The predicted octanol–water partition coefficient (Wildman–Crippen LogP) is 4.83. The maximum atomic E-state index is 2.70. The van der Waals surface area contributed by atoms with E-state index in [0.29, 0.717) is 16.2 Å². The summed E-state index contributed by atoms with van der Waals surface area (Å²) >= 11 is 0. The molecule has 0 radical (unpaired) electrons. The standard InChI is InChI=1S/C20H29N/c1-13-11-14-16-17-15(13)18(2,3)7-9-21(17)10-8-20(16,6)12-19(14,4)5/h11H,7-10,12H2,1-6H3. The largest absolute Gasteiger partial charge is 0.371 e. The molecular weight excluding hydrogens is 254 g/mol. The molecule has 0 aromatic heterocycles. The minimum absolute atomic E-state index is 0.329. The van der Waals surface area contributed by atoms with Crippen LogP contribution in [-0.2, 0) is 16.2 Å². The quantitative estimate of drug-likeness (QED) is 0.659. The summed E-state index contributed by atoms with van der Waals surface area (Å²) in [5.74, 6) is 0. The van der Waals surface area contributed by atoms with Gasteiger partial charge in [0.2, 0.25) is 0 Å². The lowest BCUT2D eigenvalue weighted by Crippen LogP contribution is -2.45. The Bertz CT molecular complexity index is 638. The number of hydrogen-bond acceptors (Lipinski definition) is 1. The van der Waals surface area contributed by atoms with Gasteiger partial charge in [-0.05, 0) is 64.7 Å². The van der Waals surface area contributed by atoms with E-state index in [9.17, 15) is 0 Å². The van der Waals surface area contributed by atoms with Crippen LogP contribution in [0.5, 0.6) is 0 Å². The van der Waals surface area contributed by atoms with Gasteiger partial charge in [0, 0.05) is 18.8 Å². The molecule has 0 amide bonds. The van der Waals surface area contributed by atoms with Crippen molar-refractivity contribution in [3.63, 3.8) is 0 Å². The summed E-state index contributed by atoms with van der Waals surface area (Å²) < 4.78 is 0. The van der Waals surface area contributed by atoms with Crippen LogP contribution in [-0.4, -0.2) is 13.1 Å². The number of benzene rings is 1. The van der Waals surface area contributed by atoms with Crippen LogP contribution in [0.2, 0.25) is 0 Å². The zero-order valence-electron chi connectivity index (χ0n) is 14.6. The van der Waals surface area contributed by atoms with Crippen LogP contribution in [0.1, 0.15) is 76.1 Å². The molecule has 1 unspecified atom stereocenters. The highest BCUT2D eigenvalue weighted by atomic mass is 15.2. The van der Waals surface area contributed by atoms with Crippen LogP contribution < -0.4 is 4.90 Å². The molecule has 0 saturated heterocycles. The molecule has 4 rings (SSSR count). The summed E-state index contributed by atoms with van der Waals surface area (Å²) in [5, 5.41) is 0. The van der Waals surface area contributed by atoms with E-state index in [1.54, 1.807) is 22.4 Å². The number of anilines is 1. The Morgan fingerprint density at radius 1 is 0.905 bits per heavy atom. The van der Waals surface area contributed by atoms with Crippen molar-refractivity contribution in [1.29, 1.82) is 0 Å². The third-order valence-corrected chi connectivity index (χ3v) is 6.60. The first-order valence-electron chi connectivity index (χ1n) is 8.60. The van der Waals surface area contributed by atoms with Crippen molar-refractivity contribution < 1.29 is 0 Å². The lowest BCUT2D eigenvalue weighted by atomic mass is 9.68. The molecule has 1 atom stereocenters. The first-order chi connectivity index (χ1) is 9.66. The lowest BCUT2D eigenvalue weighted by molar-refractivity contribution is 0.339. The highest BCUT2D eigenvalue weighted by Crippen LogP contribution is 2.60. The molecule has 0 fully saturated rings. The zero-order chi connectivity index (χ0) is 15.2. The van der Waals surface area contributed by atoms with Crippen molar-refractivity contribution in [3.8, 4) is 0 Å². The fraction of sp³-hybridized carbons (Fsp3) is 0.700. The zero-order valence-corrected chi connectivity index (χ0v) is 14.6. The van der Waals surface area contributed by atoms with Crippen LogP contribution in [0.4, 0.5) is 5.69 Å². The molecule has 0 saturated carbocycles. The lowest BCUT2D eigenvalue weighted by Gasteiger charge is -2.48. The van der Waals surface area contributed by atoms with Crippen molar-refractivity contribution in [2.24, 2.45) is 0 Å². The SMILES string of the molecule is Cc1cc2c3c4c1C(C)(C)CCN4CCC3(C)CC2(C)C. The average Bonchev–Trinajstić information content (AvgIpc) is 2.55. The molecule has 3 aliphatic rings. The molecule has 0 N–H and O–H groups in total. The van der Waals surface area contributed by atoms with Gasteiger partial charge >= 0.3 is 0 Å².